The van der Waals surface area contributed by atoms with E-state index in [-0.39, 0.29) is 23.6 Å². The van der Waals surface area contributed by atoms with Gasteiger partial charge in [-0.3, -0.25) is 9.59 Å². The fraction of sp³-hybridized carbons (Fsp3) is 0.161. The lowest BCUT2D eigenvalue weighted by Gasteiger charge is -2.23. The molecule has 4 aromatic rings. The molecule has 0 saturated carbocycles. The summed E-state index contributed by atoms with van der Waals surface area (Å²) in [6, 6.07) is 32.8. The van der Waals surface area contributed by atoms with Crippen molar-refractivity contribution in [1.82, 2.24) is 0 Å². The van der Waals surface area contributed by atoms with E-state index >= 15 is 0 Å². The Hall–Kier alpha value is -4.18. The van der Waals surface area contributed by atoms with Crippen molar-refractivity contribution in [1.29, 1.82) is 0 Å². The number of rotatable bonds is 10. The third-order valence-electron chi connectivity index (χ3n) is 5.75. The molecular weight excluding hydrogens is 436 g/mol. The van der Waals surface area contributed by atoms with Gasteiger partial charge in [-0.05, 0) is 54.4 Å². The van der Waals surface area contributed by atoms with Crippen LogP contribution in [0.1, 0.15) is 45.7 Å². The van der Waals surface area contributed by atoms with Gasteiger partial charge < -0.3 is 9.47 Å². The molecule has 0 aliphatic rings. The third-order valence-corrected chi connectivity index (χ3v) is 5.75. The van der Waals surface area contributed by atoms with Crippen molar-refractivity contribution in [2.24, 2.45) is 5.92 Å². The van der Waals surface area contributed by atoms with E-state index in [0.717, 1.165) is 0 Å². The zero-order valence-corrected chi connectivity index (χ0v) is 19.9. The van der Waals surface area contributed by atoms with Crippen molar-refractivity contribution in [2.45, 2.75) is 20.0 Å². The molecule has 0 saturated heterocycles. The summed E-state index contributed by atoms with van der Waals surface area (Å²) in [6.07, 6.45) is -0.184. The van der Waals surface area contributed by atoms with Gasteiger partial charge in [0.15, 0.2) is 11.6 Å². The van der Waals surface area contributed by atoms with Gasteiger partial charge >= 0.3 is 0 Å². The maximum absolute atomic E-state index is 12.6. The number of hydrogen-bond acceptors (Lipinski definition) is 4. The first-order valence-electron chi connectivity index (χ1n) is 11.7. The molecule has 1 unspecified atom stereocenters. The molecule has 4 aromatic carbocycles. The van der Waals surface area contributed by atoms with E-state index in [4.69, 9.17) is 9.47 Å². The van der Waals surface area contributed by atoms with E-state index in [9.17, 15) is 9.59 Å². The molecule has 35 heavy (non-hydrogen) atoms. The summed E-state index contributed by atoms with van der Waals surface area (Å²) in [5.41, 5.74) is 2.55. The van der Waals surface area contributed by atoms with Gasteiger partial charge in [-0.25, -0.2) is 0 Å². The van der Waals surface area contributed by atoms with Crippen molar-refractivity contribution >= 4 is 11.6 Å². The average Bonchev–Trinajstić information content (AvgIpc) is 2.91. The van der Waals surface area contributed by atoms with Crippen molar-refractivity contribution < 1.29 is 19.1 Å². The molecule has 4 rings (SSSR count). The van der Waals surface area contributed by atoms with Gasteiger partial charge in [0.2, 0.25) is 0 Å². The number of carbonyl (C=O) groups is 2. The van der Waals surface area contributed by atoms with Gasteiger partial charge in [0.05, 0.1) is 0 Å². The van der Waals surface area contributed by atoms with E-state index in [1.807, 2.05) is 60.7 Å². The van der Waals surface area contributed by atoms with Gasteiger partial charge in [0, 0.05) is 22.3 Å². The minimum atomic E-state index is -0.184. The second kappa shape index (κ2) is 11.3. The Morgan fingerprint density at radius 3 is 1.40 bits per heavy atom. The summed E-state index contributed by atoms with van der Waals surface area (Å²) < 4.78 is 12.1. The fourth-order valence-electron chi connectivity index (χ4n) is 3.62. The minimum Gasteiger partial charge on any atom is -0.490 e. The monoisotopic (exact) mass is 464 g/mol. The van der Waals surface area contributed by atoms with Crippen LogP contribution in [0, 0.1) is 5.92 Å². The van der Waals surface area contributed by atoms with E-state index in [1.54, 1.807) is 48.5 Å². The Morgan fingerprint density at radius 2 is 0.971 bits per heavy atom. The van der Waals surface area contributed by atoms with Crippen LogP contribution in [0.3, 0.4) is 0 Å². The van der Waals surface area contributed by atoms with Crippen LogP contribution in [0.5, 0.6) is 11.5 Å². The highest BCUT2D eigenvalue weighted by atomic mass is 16.5. The van der Waals surface area contributed by atoms with Gasteiger partial charge in [-0.15, -0.1) is 0 Å². The van der Waals surface area contributed by atoms with Crippen molar-refractivity contribution in [2.75, 3.05) is 6.61 Å². The SMILES string of the molecule is CC(C)C(COc1ccc(C(=O)c2ccccc2)cc1)Oc1ccc(C(=O)c2ccccc2)cc1. The van der Waals surface area contributed by atoms with Gasteiger partial charge in [-0.1, -0.05) is 74.5 Å². The lowest BCUT2D eigenvalue weighted by atomic mass is 10.0. The molecule has 0 spiro atoms. The standard InChI is InChI=1S/C31H28O4/c1-22(2)29(35-28-19-15-26(16-20-28)31(33)24-11-7-4-8-12-24)21-34-27-17-13-25(14-18-27)30(32)23-9-5-3-6-10-23/h3-20,22,29H,21H2,1-2H3. The first-order chi connectivity index (χ1) is 17.0. The van der Waals surface area contributed by atoms with Gasteiger partial charge in [-0.2, -0.15) is 0 Å². The Balaban J connectivity index is 1.35. The van der Waals surface area contributed by atoms with Crippen LogP contribution in [-0.4, -0.2) is 24.3 Å². The third kappa shape index (κ3) is 6.24. The molecule has 0 N–H and O–H groups in total. The summed E-state index contributed by atoms with van der Waals surface area (Å²) in [7, 11) is 0. The number of hydrogen-bond donors (Lipinski definition) is 0. The predicted molar refractivity (Wildman–Crippen MR) is 137 cm³/mol. The summed E-state index contributed by atoms with van der Waals surface area (Å²) in [6.45, 7) is 4.50. The summed E-state index contributed by atoms with van der Waals surface area (Å²) in [5, 5.41) is 0. The number of benzene rings is 4. The molecule has 0 radical (unpaired) electrons. The lowest BCUT2D eigenvalue weighted by Crippen LogP contribution is -2.30. The summed E-state index contributed by atoms with van der Waals surface area (Å²) >= 11 is 0. The van der Waals surface area contributed by atoms with Crippen LogP contribution in [0.25, 0.3) is 0 Å². The highest BCUT2D eigenvalue weighted by Gasteiger charge is 2.17. The highest BCUT2D eigenvalue weighted by molar-refractivity contribution is 6.09. The second-order valence-electron chi connectivity index (χ2n) is 8.65. The molecule has 0 fully saturated rings. The zero-order valence-electron chi connectivity index (χ0n) is 19.9. The molecule has 0 amide bonds. The quantitative estimate of drug-likeness (QED) is 0.247. The lowest BCUT2D eigenvalue weighted by molar-refractivity contribution is 0.0911. The topological polar surface area (TPSA) is 52.6 Å². The number of carbonyl (C=O) groups excluding carboxylic acids is 2. The maximum atomic E-state index is 12.6. The van der Waals surface area contributed by atoms with Gasteiger partial charge in [0.1, 0.15) is 24.2 Å². The Morgan fingerprint density at radius 1 is 0.571 bits per heavy atom. The number of ether oxygens (including phenoxy) is 2. The van der Waals surface area contributed by atoms with Gasteiger partial charge in [0.25, 0.3) is 0 Å². The van der Waals surface area contributed by atoms with E-state index in [0.29, 0.717) is 40.4 Å². The van der Waals surface area contributed by atoms with Crippen LogP contribution in [0.15, 0.2) is 109 Å². The first-order valence-corrected chi connectivity index (χ1v) is 11.7. The van der Waals surface area contributed by atoms with Crippen molar-refractivity contribution in [3.8, 4) is 11.5 Å². The normalized spacial score (nSPS) is 11.6. The largest absolute Gasteiger partial charge is 0.490 e. The van der Waals surface area contributed by atoms with E-state index < -0.39 is 0 Å². The molecule has 1 atom stereocenters. The molecule has 0 aliphatic heterocycles. The van der Waals surface area contributed by atoms with Crippen LogP contribution in [-0.2, 0) is 0 Å². The molecule has 176 valence electrons. The molecule has 0 bridgehead atoms. The molecule has 0 aliphatic carbocycles. The van der Waals surface area contributed by atoms with E-state index in [1.165, 1.54) is 0 Å². The highest BCUT2D eigenvalue weighted by Crippen LogP contribution is 2.21. The van der Waals surface area contributed by atoms with Crippen LogP contribution in [0.4, 0.5) is 0 Å². The Bertz CT molecular complexity index is 1250. The molecule has 4 heteroatoms. The van der Waals surface area contributed by atoms with E-state index in [2.05, 4.69) is 13.8 Å². The molecule has 4 nitrogen and oxygen atoms in total. The average molecular weight is 465 g/mol. The Kier molecular flexibility index (Phi) is 7.74. The molecular formula is C31H28O4. The molecule has 0 aromatic heterocycles. The first kappa shape index (κ1) is 24.0. The summed E-state index contributed by atoms with van der Waals surface area (Å²) in [5.74, 6) is 1.53. The van der Waals surface area contributed by atoms with Crippen molar-refractivity contribution in [3.63, 3.8) is 0 Å². The molecule has 0 heterocycles. The summed E-state index contributed by atoms with van der Waals surface area (Å²) in [4.78, 5) is 25.2. The fourth-order valence-corrected chi connectivity index (χ4v) is 3.62. The smallest absolute Gasteiger partial charge is 0.193 e. The maximum Gasteiger partial charge on any atom is 0.193 e. The Labute approximate surface area is 206 Å². The minimum absolute atomic E-state index is 0.0184. The second-order valence-corrected chi connectivity index (χ2v) is 8.65. The van der Waals surface area contributed by atoms with Crippen molar-refractivity contribution in [3.05, 3.63) is 131 Å². The van der Waals surface area contributed by atoms with Crippen LogP contribution < -0.4 is 9.47 Å². The van der Waals surface area contributed by atoms with Crippen LogP contribution >= 0.6 is 0 Å². The van der Waals surface area contributed by atoms with Crippen LogP contribution in [0.2, 0.25) is 0 Å². The predicted octanol–water partition coefficient (Wildman–Crippen LogP) is 6.63. The zero-order chi connectivity index (χ0) is 24.6. The number of ketones is 2.